The first-order valence-corrected chi connectivity index (χ1v) is 9.93. The van der Waals surface area contributed by atoms with E-state index in [-0.39, 0.29) is 12.0 Å². The quantitative estimate of drug-likeness (QED) is 0.629. The Labute approximate surface area is 177 Å². The average molecular weight is 412 g/mol. The van der Waals surface area contributed by atoms with Crippen molar-refractivity contribution < 1.29 is 23.8 Å². The van der Waals surface area contributed by atoms with Crippen LogP contribution in [0.25, 0.3) is 0 Å². The van der Waals surface area contributed by atoms with E-state index in [0.717, 1.165) is 22.6 Å². The highest BCUT2D eigenvalue weighted by Crippen LogP contribution is 2.29. The van der Waals surface area contributed by atoms with Crippen LogP contribution in [-0.2, 0) is 16.2 Å². The molecule has 0 aliphatic carbocycles. The Morgan fingerprint density at radius 2 is 1.90 bits per heavy atom. The van der Waals surface area contributed by atoms with E-state index in [4.69, 9.17) is 19.0 Å². The zero-order chi connectivity index (χ0) is 21.5. The zero-order valence-corrected chi connectivity index (χ0v) is 17.9. The van der Waals surface area contributed by atoms with Gasteiger partial charge in [0.2, 0.25) is 5.91 Å². The van der Waals surface area contributed by atoms with E-state index in [1.165, 1.54) is 0 Å². The van der Waals surface area contributed by atoms with Gasteiger partial charge in [-0.3, -0.25) is 4.79 Å². The van der Waals surface area contributed by atoms with E-state index in [0.29, 0.717) is 37.4 Å². The van der Waals surface area contributed by atoms with Crippen LogP contribution in [0.2, 0.25) is 0 Å². The Bertz CT molecular complexity index is 912. The zero-order valence-electron chi connectivity index (χ0n) is 17.9. The fourth-order valence-corrected chi connectivity index (χ4v) is 3.43. The molecule has 0 bridgehead atoms. The third kappa shape index (κ3) is 5.03. The number of ether oxygens (including phenoxy) is 3. The number of carbonyl (C=O) groups is 1. The van der Waals surface area contributed by atoms with Crippen LogP contribution in [0.4, 0.5) is 0 Å². The monoisotopic (exact) mass is 412 g/mol. The Kier molecular flexibility index (Phi) is 7.17. The van der Waals surface area contributed by atoms with Gasteiger partial charge in [-0.25, -0.2) is 0 Å². The van der Waals surface area contributed by atoms with Crippen LogP contribution in [0, 0.1) is 0 Å². The molecular weight excluding hydrogens is 384 g/mol. The SMILES string of the molecule is CCC(=O)N(Cc1cccc(OC)c1)CC1CC(c2ccc(OC)c(OC)c2)=NO1. The Balaban J connectivity index is 1.68. The van der Waals surface area contributed by atoms with Gasteiger partial charge in [0.25, 0.3) is 0 Å². The molecule has 0 spiro atoms. The topological polar surface area (TPSA) is 69.6 Å². The first-order valence-electron chi connectivity index (χ1n) is 9.93. The van der Waals surface area contributed by atoms with Crippen molar-refractivity contribution in [2.75, 3.05) is 27.9 Å². The summed E-state index contributed by atoms with van der Waals surface area (Å²) in [5.41, 5.74) is 2.75. The highest BCUT2D eigenvalue weighted by molar-refractivity contribution is 6.01. The van der Waals surface area contributed by atoms with E-state index in [2.05, 4.69) is 5.16 Å². The van der Waals surface area contributed by atoms with Crippen molar-refractivity contribution in [3.63, 3.8) is 0 Å². The molecule has 30 heavy (non-hydrogen) atoms. The fraction of sp³-hybridized carbons (Fsp3) is 0.391. The molecule has 2 aromatic rings. The molecule has 1 heterocycles. The van der Waals surface area contributed by atoms with Crippen LogP contribution in [0.5, 0.6) is 17.2 Å². The van der Waals surface area contributed by atoms with Crippen LogP contribution >= 0.6 is 0 Å². The summed E-state index contributed by atoms with van der Waals surface area (Å²) in [5.74, 6) is 2.14. The average Bonchev–Trinajstić information content (AvgIpc) is 3.26. The molecule has 1 atom stereocenters. The second-order valence-corrected chi connectivity index (χ2v) is 7.02. The summed E-state index contributed by atoms with van der Waals surface area (Å²) in [4.78, 5) is 20.0. The number of rotatable bonds is 9. The van der Waals surface area contributed by atoms with Crippen LogP contribution in [-0.4, -0.2) is 50.5 Å². The number of hydrogen-bond donors (Lipinski definition) is 0. The molecule has 0 N–H and O–H groups in total. The van der Waals surface area contributed by atoms with Crippen molar-refractivity contribution in [1.29, 1.82) is 0 Å². The second kappa shape index (κ2) is 10.0. The minimum Gasteiger partial charge on any atom is -0.497 e. The van der Waals surface area contributed by atoms with E-state index in [1.54, 1.807) is 21.3 Å². The molecule has 1 aliphatic rings. The van der Waals surface area contributed by atoms with E-state index < -0.39 is 0 Å². The van der Waals surface area contributed by atoms with Crippen LogP contribution in [0.1, 0.15) is 30.9 Å². The molecule has 160 valence electrons. The van der Waals surface area contributed by atoms with Crippen molar-refractivity contribution in [3.8, 4) is 17.2 Å². The van der Waals surface area contributed by atoms with Gasteiger partial charge >= 0.3 is 0 Å². The molecule has 0 aromatic heterocycles. The normalized spacial score (nSPS) is 15.2. The molecular formula is C23H28N2O5. The molecule has 1 amide bonds. The number of hydrogen-bond acceptors (Lipinski definition) is 6. The van der Waals surface area contributed by atoms with Gasteiger partial charge in [0.1, 0.15) is 5.75 Å². The van der Waals surface area contributed by atoms with Crippen molar-refractivity contribution in [2.24, 2.45) is 5.16 Å². The number of carbonyl (C=O) groups excluding carboxylic acids is 1. The number of nitrogens with zero attached hydrogens (tertiary/aromatic N) is 2. The summed E-state index contributed by atoms with van der Waals surface area (Å²) < 4.78 is 16.0. The van der Waals surface area contributed by atoms with E-state index in [1.807, 2.05) is 54.3 Å². The predicted molar refractivity (Wildman–Crippen MR) is 114 cm³/mol. The predicted octanol–water partition coefficient (Wildman–Crippen LogP) is 3.64. The molecule has 1 aliphatic heterocycles. The largest absolute Gasteiger partial charge is 0.497 e. The van der Waals surface area contributed by atoms with Crippen LogP contribution in [0.3, 0.4) is 0 Å². The second-order valence-electron chi connectivity index (χ2n) is 7.02. The first kappa shape index (κ1) is 21.5. The molecule has 3 rings (SSSR count). The number of methoxy groups -OCH3 is 3. The molecule has 0 fully saturated rings. The summed E-state index contributed by atoms with van der Waals surface area (Å²) >= 11 is 0. The van der Waals surface area contributed by atoms with Gasteiger partial charge in [-0.05, 0) is 35.9 Å². The van der Waals surface area contributed by atoms with Crippen LogP contribution < -0.4 is 14.2 Å². The summed E-state index contributed by atoms with van der Waals surface area (Å²) in [6, 6.07) is 13.4. The standard InChI is InChI=1S/C23H28N2O5/c1-5-23(26)25(14-16-7-6-8-18(11-16)27-2)15-19-13-20(24-30-19)17-9-10-21(28-3)22(12-17)29-4/h6-12,19H,5,13-15H2,1-4H3. The number of benzene rings is 2. The molecule has 2 aromatic carbocycles. The lowest BCUT2D eigenvalue weighted by Crippen LogP contribution is -2.36. The Morgan fingerprint density at radius 3 is 2.60 bits per heavy atom. The van der Waals surface area contributed by atoms with Gasteiger partial charge in [-0.2, -0.15) is 0 Å². The summed E-state index contributed by atoms with van der Waals surface area (Å²) in [5, 5.41) is 4.25. The van der Waals surface area contributed by atoms with Gasteiger partial charge in [0, 0.05) is 24.9 Å². The van der Waals surface area contributed by atoms with Gasteiger partial charge in [-0.1, -0.05) is 24.2 Å². The van der Waals surface area contributed by atoms with Gasteiger partial charge in [0.05, 0.1) is 33.6 Å². The minimum absolute atomic E-state index is 0.0704. The maximum absolute atomic E-state index is 12.5. The van der Waals surface area contributed by atoms with Crippen molar-refractivity contribution >= 4 is 11.6 Å². The molecule has 0 saturated heterocycles. The molecule has 1 unspecified atom stereocenters. The fourth-order valence-electron chi connectivity index (χ4n) is 3.43. The minimum atomic E-state index is -0.200. The van der Waals surface area contributed by atoms with E-state index in [9.17, 15) is 4.79 Å². The molecule has 7 heteroatoms. The number of amides is 1. The summed E-state index contributed by atoms with van der Waals surface area (Å²) in [6.07, 6.45) is 0.843. The molecule has 7 nitrogen and oxygen atoms in total. The summed E-state index contributed by atoms with van der Waals surface area (Å²) in [7, 11) is 4.84. The van der Waals surface area contributed by atoms with Crippen LogP contribution in [0.15, 0.2) is 47.6 Å². The first-order chi connectivity index (χ1) is 14.6. The third-order valence-electron chi connectivity index (χ3n) is 5.04. The third-order valence-corrected chi connectivity index (χ3v) is 5.04. The van der Waals surface area contributed by atoms with Crippen molar-refractivity contribution in [1.82, 2.24) is 4.90 Å². The van der Waals surface area contributed by atoms with Crippen molar-refractivity contribution in [2.45, 2.75) is 32.4 Å². The van der Waals surface area contributed by atoms with Gasteiger partial charge in [0.15, 0.2) is 17.6 Å². The Morgan fingerprint density at radius 1 is 1.10 bits per heavy atom. The lowest BCUT2D eigenvalue weighted by molar-refractivity contribution is -0.133. The molecule has 0 radical (unpaired) electrons. The number of oxime groups is 1. The smallest absolute Gasteiger partial charge is 0.222 e. The lowest BCUT2D eigenvalue weighted by Gasteiger charge is -2.24. The van der Waals surface area contributed by atoms with Gasteiger partial charge in [-0.15, -0.1) is 0 Å². The highest BCUT2D eigenvalue weighted by atomic mass is 16.6. The summed E-state index contributed by atoms with van der Waals surface area (Å²) in [6.45, 7) is 2.82. The van der Waals surface area contributed by atoms with E-state index >= 15 is 0 Å². The van der Waals surface area contributed by atoms with Gasteiger partial charge < -0.3 is 23.9 Å². The highest BCUT2D eigenvalue weighted by Gasteiger charge is 2.27. The molecule has 0 saturated carbocycles. The maximum Gasteiger partial charge on any atom is 0.222 e. The maximum atomic E-state index is 12.5. The Hall–Kier alpha value is -3.22. The lowest BCUT2D eigenvalue weighted by atomic mass is 10.0. The van der Waals surface area contributed by atoms with Crippen molar-refractivity contribution in [3.05, 3.63) is 53.6 Å².